The minimum atomic E-state index is 0.341. The van der Waals surface area contributed by atoms with Crippen LogP contribution < -0.4 is 5.32 Å². The summed E-state index contributed by atoms with van der Waals surface area (Å²) in [5, 5.41) is 3.62. The molecule has 0 aliphatic carbocycles. The van der Waals surface area contributed by atoms with E-state index in [0.29, 0.717) is 24.7 Å². The van der Waals surface area contributed by atoms with Gasteiger partial charge in [0.2, 0.25) is 0 Å². The third-order valence-corrected chi connectivity index (χ3v) is 3.50. The van der Waals surface area contributed by atoms with Crippen molar-refractivity contribution in [3.63, 3.8) is 0 Å². The highest BCUT2D eigenvalue weighted by atomic mass is 16.5. The highest BCUT2D eigenvalue weighted by Crippen LogP contribution is 2.21. The first-order chi connectivity index (χ1) is 8.54. The van der Waals surface area contributed by atoms with Gasteiger partial charge in [-0.3, -0.25) is 0 Å². The molecule has 0 amide bonds. The van der Waals surface area contributed by atoms with E-state index >= 15 is 0 Å². The Morgan fingerprint density at radius 2 is 2.00 bits per heavy atom. The number of hydrogen-bond donors (Lipinski definition) is 1. The van der Waals surface area contributed by atoms with Gasteiger partial charge in [-0.05, 0) is 11.8 Å². The van der Waals surface area contributed by atoms with Crippen LogP contribution in [-0.2, 0) is 9.47 Å². The normalized spacial score (nSPS) is 22.3. The maximum absolute atomic E-state index is 5.49. The third kappa shape index (κ3) is 6.14. The molecule has 108 valence electrons. The molecule has 0 radical (unpaired) electrons. The first kappa shape index (κ1) is 15.9. The van der Waals surface area contributed by atoms with Crippen molar-refractivity contribution in [2.45, 2.75) is 33.2 Å². The molecule has 0 aromatic rings. The molecule has 1 rings (SSSR count). The van der Waals surface area contributed by atoms with Crippen molar-refractivity contribution in [2.75, 3.05) is 53.1 Å². The summed E-state index contributed by atoms with van der Waals surface area (Å²) in [6.45, 7) is 13.7. The fourth-order valence-corrected chi connectivity index (χ4v) is 2.23. The van der Waals surface area contributed by atoms with Crippen LogP contribution in [0.1, 0.15) is 27.2 Å². The summed E-state index contributed by atoms with van der Waals surface area (Å²) >= 11 is 0. The van der Waals surface area contributed by atoms with Crippen LogP contribution in [0, 0.1) is 5.41 Å². The Balaban J connectivity index is 2.11. The largest absolute Gasteiger partial charge is 0.382 e. The van der Waals surface area contributed by atoms with Crippen LogP contribution in [0.25, 0.3) is 0 Å². The van der Waals surface area contributed by atoms with E-state index in [4.69, 9.17) is 9.47 Å². The number of piperazine rings is 1. The average Bonchev–Trinajstić information content (AvgIpc) is 2.33. The first-order valence-electron chi connectivity index (χ1n) is 7.06. The summed E-state index contributed by atoms with van der Waals surface area (Å²) in [6, 6.07) is 0.598. The topological polar surface area (TPSA) is 33.7 Å². The maximum atomic E-state index is 5.49. The van der Waals surface area contributed by atoms with Gasteiger partial charge in [0, 0.05) is 45.9 Å². The molecule has 1 unspecified atom stereocenters. The quantitative estimate of drug-likeness (QED) is 0.699. The molecule has 1 heterocycles. The number of rotatable bonds is 7. The Bertz CT molecular complexity index is 216. The standard InChI is InChI=1S/C14H30N2O2/c1-14(2,3)13-12-16(8-6-15-13)7-5-9-18-11-10-17-4/h13,15H,5-12H2,1-4H3. The van der Waals surface area contributed by atoms with E-state index in [0.717, 1.165) is 39.2 Å². The van der Waals surface area contributed by atoms with E-state index in [2.05, 4.69) is 31.0 Å². The van der Waals surface area contributed by atoms with E-state index < -0.39 is 0 Å². The van der Waals surface area contributed by atoms with Crippen molar-refractivity contribution >= 4 is 0 Å². The van der Waals surface area contributed by atoms with Crippen LogP contribution in [0.5, 0.6) is 0 Å². The van der Waals surface area contributed by atoms with Gasteiger partial charge in [0.15, 0.2) is 0 Å². The predicted molar refractivity (Wildman–Crippen MR) is 75.0 cm³/mol. The van der Waals surface area contributed by atoms with Crippen molar-refractivity contribution in [2.24, 2.45) is 5.41 Å². The highest BCUT2D eigenvalue weighted by molar-refractivity contribution is 4.87. The van der Waals surface area contributed by atoms with E-state index in [1.807, 2.05) is 0 Å². The van der Waals surface area contributed by atoms with Gasteiger partial charge in [0.05, 0.1) is 13.2 Å². The van der Waals surface area contributed by atoms with Crippen LogP contribution in [-0.4, -0.2) is 64.1 Å². The molecule has 18 heavy (non-hydrogen) atoms. The summed E-state index contributed by atoms with van der Waals surface area (Å²) in [4.78, 5) is 2.55. The van der Waals surface area contributed by atoms with E-state index in [9.17, 15) is 0 Å². The van der Waals surface area contributed by atoms with Gasteiger partial charge in [-0.25, -0.2) is 0 Å². The molecule has 4 nitrogen and oxygen atoms in total. The van der Waals surface area contributed by atoms with E-state index in [-0.39, 0.29) is 0 Å². The molecule has 1 fully saturated rings. The lowest BCUT2D eigenvalue weighted by Crippen LogP contribution is -2.55. The highest BCUT2D eigenvalue weighted by Gasteiger charge is 2.28. The summed E-state index contributed by atoms with van der Waals surface area (Å²) in [6.07, 6.45) is 1.11. The molecule has 1 aliphatic heterocycles. The van der Waals surface area contributed by atoms with Gasteiger partial charge in [0.25, 0.3) is 0 Å². The molecule has 0 bridgehead atoms. The van der Waals surface area contributed by atoms with Crippen molar-refractivity contribution in [1.29, 1.82) is 0 Å². The van der Waals surface area contributed by atoms with Crippen molar-refractivity contribution in [1.82, 2.24) is 10.2 Å². The Labute approximate surface area is 112 Å². The smallest absolute Gasteiger partial charge is 0.0700 e. The molecule has 0 saturated carbocycles. The Hall–Kier alpha value is -0.160. The average molecular weight is 258 g/mol. The summed E-state index contributed by atoms with van der Waals surface area (Å²) in [5.41, 5.74) is 0.341. The number of ether oxygens (including phenoxy) is 2. The Morgan fingerprint density at radius 1 is 1.22 bits per heavy atom. The van der Waals surface area contributed by atoms with Crippen LogP contribution in [0.15, 0.2) is 0 Å². The second-order valence-corrected chi connectivity index (χ2v) is 6.13. The third-order valence-electron chi connectivity index (χ3n) is 3.50. The van der Waals surface area contributed by atoms with E-state index in [1.165, 1.54) is 0 Å². The molecular weight excluding hydrogens is 228 g/mol. The van der Waals surface area contributed by atoms with E-state index in [1.54, 1.807) is 7.11 Å². The molecule has 1 atom stereocenters. The van der Waals surface area contributed by atoms with Crippen LogP contribution >= 0.6 is 0 Å². The fourth-order valence-electron chi connectivity index (χ4n) is 2.23. The minimum Gasteiger partial charge on any atom is -0.382 e. The van der Waals surface area contributed by atoms with Crippen LogP contribution in [0.3, 0.4) is 0 Å². The van der Waals surface area contributed by atoms with Crippen molar-refractivity contribution in [3.05, 3.63) is 0 Å². The zero-order chi connectivity index (χ0) is 13.4. The lowest BCUT2D eigenvalue weighted by Gasteiger charge is -2.40. The number of hydrogen-bond acceptors (Lipinski definition) is 4. The lowest BCUT2D eigenvalue weighted by molar-refractivity contribution is 0.0609. The summed E-state index contributed by atoms with van der Waals surface area (Å²) in [7, 11) is 1.71. The fraction of sp³-hybridized carbons (Fsp3) is 1.00. The molecule has 4 heteroatoms. The van der Waals surface area contributed by atoms with Crippen LogP contribution in [0.2, 0.25) is 0 Å². The number of nitrogens with one attached hydrogen (secondary N) is 1. The molecule has 1 N–H and O–H groups in total. The molecule has 0 spiro atoms. The van der Waals surface area contributed by atoms with Crippen molar-refractivity contribution in [3.8, 4) is 0 Å². The van der Waals surface area contributed by atoms with Gasteiger partial charge < -0.3 is 19.7 Å². The second kappa shape index (κ2) is 8.10. The maximum Gasteiger partial charge on any atom is 0.0700 e. The molecule has 0 aromatic carbocycles. The van der Waals surface area contributed by atoms with Gasteiger partial charge in [-0.2, -0.15) is 0 Å². The summed E-state index contributed by atoms with van der Waals surface area (Å²) < 4.78 is 10.4. The van der Waals surface area contributed by atoms with Gasteiger partial charge in [-0.15, -0.1) is 0 Å². The summed E-state index contributed by atoms with van der Waals surface area (Å²) in [5.74, 6) is 0. The van der Waals surface area contributed by atoms with Crippen LogP contribution in [0.4, 0.5) is 0 Å². The Kier molecular flexibility index (Phi) is 7.15. The zero-order valence-corrected chi connectivity index (χ0v) is 12.5. The zero-order valence-electron chi connectivity index (χ0n) is 12.5. The monoisotopic (exact) mass is 258 g/mol. The van der Waals surface area contributed by atoms with Gasteiger partial charge >= 0.3 is 0 Å². The predicted octanol–water partition coefficient (Wildman–Crippen LogP) is 1.36. The first-order valence-corrected chi connectivity index (χ1v) is 7.06. The lowest BCUT2D eigenvalue weighted by atomic mass is 9.85. The molecule has 1 saturated heterocycles. The number of nitrogens with zero attached hydrogens (tertiary/aromatic N) is 1. The Morgan fingerprint density at radius 3 is 2.67 bits per heavy atom. The van der Waals surface area contributed by atoms with Gasteiger partial charge in [0.1, 0.15) is 0 Å². The minimum absolute atomic E-state index is 0.341. The molecular formula is C14H30N2O2. The van der Waals surface area contributed by atoms with Crippen molar-refractivity contribution < 1.29 is 9.47 Å². The van der Waals surface area contributed by atoms with Gasteiger partial charge in [-0.1, -0.05) is 20.8 Å². The molecule has 1 aliphatic rings. The number of methoxy groups -OCH3 is 1. The second-order valence-electron chi connectivity index (χ2n) is 6.13. The molecule has 0 aromatic heterocycles. The SMILES string of the molecule is COCCOCCCN1CCNC(C(C)(C)C)C1.